The molecule has 184 valence electrons. The molecule has 0 amide bonds. The molecule has 3 aromatic carbocycles. The van der Waals surface area contributed by atoms with Gasteiger partial charge in [-0.3, -0.25) is 0 Å². The zero-order chi connectivity index (χ0) is 24.5. The molecule has 3 aliphatic rings. The van der Waals surface area contributed by atoms with E-state index < -0.39 is 0 Å². The van der Waals surface area contributed by atoms with Crippen LogP contribution in [0.1, 0.15) is 67.2 Å². The molecule has 2 saturated carbocycles. The summed E-state index contributed by atoms with van der Waals surface area (Å²) in [7, 11) is 3.68. The zero-order valence-electron chi connectivity index (χ0n) is 21.8. The van der Waals surface area contributed by atoms with Crippen LogP contribution in [0.2, 0.25) is 0 Å². The van der Waals surface area contributed by atoms with Crippen molar-refractivity contribution in [1.29, 1.82) is 0 Å². The van der Waals surface area contributed by atoms with Crippen LogP contribution in [0.5, 0.6) is 11.5 Å². The maximum absolute atomic E-state index is 11.1. The van der Waals surface area contributed by atoms with Crippen molar-refractivity contribution in [2.75, 3.05) is 14.2 Å². The first kappa shape index (κ1) is 22.9. The van der Waals surface area contributed by atoms with Gasteiger partial charge in [-0.2, -0.15) is 0 Å². The van der Waals surface area contributed by atoms with Gasteiger partial charge in [0, 0.05) is 18.1 Å². The fourth-order valence-electron chi connectivity index (χ4n) is 8.46. The van der Waals surface area contributed by atoms with Gasteiger partial charge in [0.05, 0.1) is 13.2 Å². The summed E-state index contributed by atoms with van der Waals surface area (Å²) in [6.07, 6.45) is 7.78. The molecule has 0 spiro atoms. The molecule has 0 aliphatic heterocycles. The third-order valence-electron chi connectivity index (χ3n) is 10.2. The second-order valence-corrected chi connectivity index (χ2v) is 11.5. The van der Waals surface area contributed by atoms with Gasteiger partial charge in [0.25, 0.3) is 0 Å². The van der Waals surface area contributed by atoms with Crippen LogP contribution in [-0.4, -0.2) is 25.4 Å². The minimum absolute atomic E-state index is 0.319. The highest BCUT2D eigenvalue weighted by molar-refractivity contribution is 5.99. The summed E-state index contributed by atoms with van der Waals surface area (Å²) in [6.45, 7) is 6.72. The standard InChI is InChI=1S/C32H38O3/c1-18-21-8-6-7-9-24(21)31(33)19(2)30(18)26-17-25-20(16-28(26)34-4)10-11-23-22(25)14-15-32(3)27(23)12-13-29(32)35-5/h6-9,16-17,22-23,27,29,33H,10-15H2,1-5H3/t22-,23+,27-,29-,32-/m0/s1. The molecule has 2 fully saturated rings. The van der Waals surface area contributed by atoms with Crippen molar-refractivity contribution in [2.45, 2.75) is 71.3 Å². The Kier molecular flexibility index (Phi) is 5.41. The summed E-state index contributed by atoms with van der Waals surface area (Å²) in [5, 5.41) is 13.2. The Morgan fingerprint density at radius 2 is 1.71 bits per heavy atom. The smallest absolute Gasteiger partial charge is 0.126 e. The predicted octanol–water partition coefficient (Wildman–Crippen LogP) is 7.71. The molecule has 0 bridgehead atoms. The van der Waals surface area contributed by atoms with Crippen molar-refractivity contribution in [3.63, 3.8) is 0 Å². The van der Waals surface area contributed by atoms with Crippen molar-refractivity contribution in [1.82, 2.24) is 0 Å². The van der Waals surface area contributed by atoms with Crippen molar-refractivity contribution in [3.8, 4) is 22.6 Å². The van der Waals surface area contributed by atoms with E-state index in [9.17, 15) is 5.11 Å². The molecule has 0 aromatic heterocycles. The van der Waals surface area contributed by atoms with Crippen LogP contribution in [0.15, 0.2) is 36.4 Å². The lowest BCUT2D eigenvalue weighted by Crippen LogP contribution is -2.44. The van der Waals surface area contributed by atoms with E-state index in [1.54, 1.807) is 7.11 Å². The molecule has 3 nitrogen and oxygen atoms in total. The van der Waals surface area contributed by atoms with Crippen LogP contribution in [-0.2, 0) is 11.2 Å². The molecule has 35 heavy (non-hydrogen) atoms. The van der Waals surface area contributed by atoms with Crippen LogP contribution in [0.4, 0.5) is 0 Å². The van der Waals surface area contributed by atoms with Crippen molar-refractivity contribution < 1.29 is 14.6 Å². The Balaban J connectivity index is 1.50. The number of rotatable bonds is 3. The minimum atomic E-state index is 0.319. The number of fused-ring (bicyclic) bond motifs is 6. The highest BCUT2D eigenvalue weighted by Crippen LogP contribution is 2.62. The number of ether oxygens (including phenoxy) is 2. The molecule has 0 unspecified atom stereocenters. The lowest BCUT2D eigenvalue weighted by Gasteiger charge is -2.50. The molecule has 3 aliphatic carbocycles. The van der Waals surface area contributed by atoms with Gasteiger partial charge in [0.2, 0.25) is 0 Å². The number of hydrogen-bond donors (Lipinski definition) is 1. The average molecular weight is 471 g/mol. The molecular weight excluding hydrogens is 432 g/mol. The first-order chi connectivity index (χ1) is 16.9. The minimum Gasteiger partial charge on any atom is -0.507 e. The molecule has 5 atom stereocenters. The highest BCUT2D eigenvalue weighted by Gasteiger charge is 2.55. The summed E-state index contributed by atoms with van der Waals surface area (Å²) < 4.78 is 12.0. The molecule has 0 heterocycles. The van der Waals surface area contributed by atoms with E-state index in [0.29, 0.717) is 23.2 Å². The van der Waals surface area contributed by atoms with Crippen LogP contribution in [0.3, 0.4) is 0 Å². The Morgan fingerprint density at radius 1 is 0.943 bits per heavy atom. The Hall–Kier alpha value is -2.52. The van der Waals surface area contributed by atoms with Gasteiger partial charge in [0.15, 0.2) is 0 Å². The van der Waals surface area contributed by atoms with E-state index in [-0.39, 0.29) is 0 Å². The van der Waals surface area contributed by atoms with Gasteiger partial charge >= 0.3 is 0 Å². The Morgan fingerprint density at radius 3 is 2.46 bits per heavy atom. The Bertz CT molecular complexity index is 1310. The molecule has 0 saturated heterocycles. The first-order valence-corrected chi connectivity index (χ1v) is 13.3. The SMILES string of the molecule is COc1cc2c(cc1-c1c(C)c(O)c3ccccc3c1C)[C@H]1CC[C@]3(C)[C@@H](OC)CC[C@H]3[C@@H]1CC2. The normalized spacial score (nSPS) is 29.5. The van der Waals surface area contributed by atoms with Crippen molar-refractivity contribution in [3.05, 3.63) is 58.7 Å². The summed E-state index contributed by atoms with van der Waals surface area (Å²) >= 11 is 0. The fraction of sp³-hybridized carbons (Fsp3) is 0.500. The highest BCUT2D eigenvalue weighted by atomic mass is 16.5. The second-order valence-electron chi connectivity index (χ2n) is 11.5. The molecule has 0 radical (unpaired) electrons. The summed E-state index contributed by atoms with van der Waals surface area (Å²) in [5.41, 5.74) is 7.67. The van der Waals surface area contributed by atoms with Crippen molar-refractivity contribution >= 4 is 10.8 Å². The van der Waals surface area contributed by atoms with Gasteiger partial charge in [-0.25, -0.2) is 0 Å². The third-order valence-corrected chi connectivity index (χ3v) is 10.2. The number of phenols is 1. The predicted molar refractivity (Wildman–Crippen MR) is 142 cm³/mol. The number of hydrogen-bond acceptors (Lipinski definition) is 3. The van der Waals surface area contributed by atoms with Crippen LogP contribution in [0, 0.1) is 31.1 Å². The topological polar surface area (TPSA) is 38.7 Å². The largest absolute Gasteiger partial charge is 0.507 e. The number of benzene rings is 3. The number of methoxy groups -OCH3 is 2. The molecule has 1 N–H and O–H groups in total. The maximum atomic E-state index is 11.1. The third kappa shape index (κ3) is 3.20. The van der Waals surface area contributed by atoms with E-state index in [4.69, 9.17) is 9.47 Å². The summed E-state index contributed by atoms with van der Waals surface area (Å²) in [5.74, 6) is 3.38. The summed E-state index contributed by atoms with van der Waals surface area (Å²) in [6, 6.07) is 12.9. The van der Waals surface area contributed by atoms with Crippen molar-refractivity contribution in [2.24, 2.45) is 17.3 Å². The molecular formula is C32H38O3. The van der Waals surface area contributed by atoms with E-state index in [0.717, 1.165) is 51.5 Å². The quantitative estimate of drug-likeness (QED) is 0.426. The van der Waals surface area contributed by atoms with Gasteiger partial charge in [-0.15, -0.1) is 0 Å². The summed E-state index contributed by atoms with van der Waals surface area (Å²) in [4.78, 5) is 0. The average Bonchev–Trinajstić information content (AvgIpc) is 3.23. The zero-order valence-corrected chi connectivity index (χ0v) is 21.8. The molecule has 3 aromatic rings. The van der Waals surface area contributed by atoms with Gasteiger partial charge in [-0.05, 0) is 121 Å². The van der Waals surface area contributed by atoms with E-state index in [1.165, 1.54) is 48.8 Å². The second kappa shape index (κ2) is 8.27. The fourth-order valence-corrected chi connectivity index (χ4v) is 8.46. The van der Waals surface area contributed by atoms with E-state index in [2.05, 4.69) is 38.1 Å². The number of aromatic hydroxyl groups is 1. The van der Waals surface area contributed by atoms with Crippen LogP contribution in [0.25, 0.3) is 21.9 Å². The van der Waals surface area contributed by atoms with Gasteiger partial charge < -0.3 is 14.6 Å². The number of phenolic OH excluding ortho intramolecular Hbond substituents is 1. The lowest BCUT2D eigenvalue weighted by atomic mass is 9.55. The Labute approximate surface area is 209 Å². The van der Waals surface area contributed by atoms with Gasteiger partial charge in [0.1, 0.15) is 11.5 Å². The first-order valence-electron chi connectivity index (χ1n) is 13.3. The molecule has 6 rings (SSSR count). The lowest BCUT2D eigenvalue weighted by molar-refractivity contribution is -0.0444. The van der Waals surface area contributed by atoms with E-state index in [1.807, 2.05) is 26.2 Å². The maximum Gasteiger partial charge on any atom is 0.126 e. The van der Waals surface area contributed by atoms with E-state index >= 15 is 0 Å². The molecule has 3 heteroatoms. The van der Waals surface area contributed by atoms with Gasteiger partial charge in [-0.1, -0.05) is 31.2 Å². The van der Waals surface area contributed by atoms with Crippen LogP contribution < -0.4 is 4.74 Å². The monoisotopic (exact) mass is 470 g/mol. The number of aryl methyl sites for hydroxylation is 2. The van der Waals surface area contributed by atoms with Crippen LogP contribution >= 0.6 is 0 Å².